The van der Waals surface area contributed by atoms with Crippen LogP contribution in [-0.2, 0) is 17.7 Å². The number of imidazole rings is 1. The Morgan fingerprint density at radius 2 is 2.09 bits per heavy atom. The van der Waals surface area contributed by atoms with Crippen LogP contribution in [-0.4, -0.2) is 50.6 Å². The molecular formula is C16H21N5O2. The van der Waals surface area contributed by atoms with Gasteiger partial charge in [-0.05, 0) is 13.8 Å². The van der Waals surface area contributed by atoms with Crippen molar-refractivity contribution in [3.05, 3.63) is 41.5 Å². The van der Waals surface area contributed by atoms with Gasteiger partial charge in [0.15, 0.2) is 0 Å². The van der Waals surface area contributed by atoms with E-state index in [9.17, 15) is 4.79 Å². The van der Waals surface area contributed by atoms with Crippen molar-refractivity contribution in [3.63, 3.8) is 0 Å². The molecule has 0 aromatic carbocycles. The van der Waals surface area contributed by atoms with Gasteiger partial charge in [-0.25, -0.2) is 9.97 Å². The van der Waals surface area contributed by atoms with Crippen molar-refractivity contribution in [3.8, 4) is 0 Å². The molecule has 7 heteroatoms. The number of methoxy groups -OCH3 is 1. The monoisotopic (exact) mass is 315 g/mol. The number of nitrogens with zero attached hydrogens (tertiary/aromatic N) is 5. The second-order valence-electron chi connectivity index (χ2n) is 5.72. The molecule has 3 heterocycles. The zero-order valence-electron chi connectivity index (χ0n) is 13.7. The minimum absolute atomic E-state index is 0.0874. The van der Waals surface area contributed by atoms with Crippen LogP contribution in [0.25, 0.3) is 0 Å². The Balaban J connectivity index is 1.80. The van der Waals surface area contributed by atoms with Gasteiger partial charge < -0.3 is 14.2 Å². The van der Waals surface area contributed by atoms with Crippen LogP contribution in [0.4, 0.5) is 0 Å². The van der Waals surface area contributed by atoms with Gasteiger partial charge in [-0.15, -0.1) is 0 Å². The van der Waals surface area contributed by atoms with E-state index in [1.165, 1.54) is 6.20 Å². The first kappa shape index (κ1) is 15.6. The Labute approximate surface area is 135 Å². The summed E-state index contributed by atoms with van der Waals surface area (Å²) in [5.41, 5.74) is 2.32. The van der Waals surface area contributed by atoms with Crippen molar-refractivity contribution in [2.75, 3.05) is 20.3 Å². The van der Waals surface area contributed by atoms with Crippen LogP contribution in [0.1, 0.15) is 40.7 Å². The van der Waals surface area contributed by atoms with Crippen LogP contribution in [0, 0.1) is 6.92 Å². The van der Waals surface area contributed by atoms with Gasteiger partial charge in [0.2, 0.25) is 0 Å². The summed E-state index contributed by atoms with van der Waals surface area (Å²) in [7, 11) is 1.69. The van der Waals surface area contributed by atoms with E-state index in [1.54, 1.807) is 13.3 Å². The molecule has 1 aliphatic rings. The Morgan fingerprint density at radius 1 is 1.26 bits per heavy atom. The molecule has 0 fully saturated rings. The predicted octanol–water partition coefficient (Wildman–Crippen LogP) is 1.39. The van der Waals surface area contributed by atoms with E-state index in [2.05, 4.69) is 19.5 Å². The number of fused-ring (bicyclic) bond motifs is 1. The first-order valence-corrected chi connectivity index (χ1v) is 7.74. The number of hydrogen-bond donors (Lipinski definition) is 0. The maximum Gasteiger partial charge on any atom is 0.274 e. The third-order valence-electron chi connectivity index (χ3n) is 4.20. The highest BCUT2D eigenvalue weighted by Gasteiger charge is 2.31. The molecule has 7 nitrogen and oxygen atoms in total. The summed E-state index contributed by atoms with van der Waals surface area (Å²) in [4.78, 5) is 27.3. The van der Waals surface area contributed by atoms with Gasteiger partial charge >= 0.3 is 0 Å². The summed E-state index contributed by atoms with van der Waals surface area (Å²) >= 11 is 0. The molecule has 0 radical (unpaired) electrons. The maximum absolute atomic E-state index is 12.7. The van der Waals surface area contributed by atoms with Crippen molar-refractivity contribution >= 4 is 5.91 Å². The molecule has 1 atom stereocenters. The molecule has 0 N–H and O–H groups in total. The summed E-state index contributed by atoms with van der Waals surface area (Å²) in [5, 5.41) is 0. The molecule has 0 saturated carbocycles. The maximum atomic E-state index is 12.7. The van der Waals surface area contributed by atoms with Gasteiger partial charge in [0.1, 0.15) is 11.5 Å². The summed E-state index contributed by atoms with van der Waals surface area (Å²) in [5.74, 6) is 0.813. The van der Waals surface area contributed by atoms with Crippen molar-refractivity contribution in [1.29, 1.82) is 0 Å². The van der Waals surface area contributed by atoms with Crippen LogP contribution in [0.2, 0.25) is 0 Å². The summed E-state index contributed by atoms with van der Waals surface area (Å²) in [6, 6.07) is -0.0874. The first-order chi connectivity index (χ1) is 11.1. The van der Waals surface area contributed by atoms with Gasteiger partial charge in [0, 0.05) is 44.7 Å². The SMILES string of the molecule is COCCc1cnc2n1CCN(C(=O)c1cnc(C)cn1)[C@@H]2C. The minimum Gasteiger partial charge on any atom is -0.384 e. The zero-order chi connectivity index (χ0) is 16.4. The Hall–Kier alpha value is -2.28. The molecule has 3 rings (SSSR count). The minimum atomic E-state index is -0.0994. The zero-order valence-corrected chi connectivity index (χ0v) is 13.7. The van der Waals surface area contributed by atoms with Gasteiger partial charge in [0.25, 0.3) is 5.91 Å². The van der Waals surface area contributed by atoms with E-state index in [4.69, 9.17) is 4.74 Å². The van der Waals surface area contributed by atoms with E-state index >= 15 is 0 Å². The van der Waals surface area contributed by atoms with Crippen LogP contribution < -0.4 is 0 Å². The van der Waals surface area contributed by atoms with Gasteiger partial charge in [0.05, 0.1) is 24.5 Å². The number of carbonyl (C=O) groups excluding carboxylic acids is 1. The van der Waals surface area contributed by atoms with E-state index in [-0.39, 0.29) is 11.9 Å². The Bertz CT molecular complexity index is 695. The molecule has 0 saturated heterocycles. The molecule has 0 bridgehead atoms. The van der Waals surface area contributed by atoms with Crippen molar-refractivity contribution < 1.29 is 9.53 Å². The van der Waals surface area contributed by atoms with E-state index in [0.29, 0.717) is 18.8 Å². The summed E-state index contributed by atoms with van der Waals surface area (Å²) in [6.07, 6.45) is 5.86. The lowest BCUT2D eigenvalue weighted by atomic mass is 10.2. The van der Waals surface area contributed by atoms with Crippen LogP contribution in [0.3, 0.4) is 0 Å². The largest absolute Gasteiger partial charge is 0.384 e. The number of rotatable bonds is 4. The number of hydrogen-bond acceptors (Lipinski definition) is 5. The number of ether oxygens (including phenoxy) is 1. The molecule has 0 spiro atoms. The van der Waals surface area contributed by atoms with E-state index in [0.717, 1.165) is 30.2 Å². The van der Waals surface area contributed by atoms with E-state index in [1.807, 2.05) is 24.9 Å². The second-order valence-corrected chi connectivity index (χ2v) is 5.72. The average molecular weight is 315 g/mol. The van der Waals surface area contributed by atoms with Crippen LogP contribution in [0.15, 0.2) is 18.6 Å². The first-order valence-electron chi connectivity index (χ1n) is 7.74. The fourth-order valence-corrected chi connectivity index (χ4v) is 2.89. The Kier molecular flexibility index (Phi) is 4.38. The molecule has 122 valence electrons. The highest BCUT2D eigenvalue weighted by molar-refractivity contribution is 5.92. The Morgan fingerprint density at radius 3 is 2.78 bits per heavy atom. The normalized spacial score (nSPS) is 17.2. The number of aryl methyl sites for hydroxylation is 1. The van der Waals surface area contributed by atoms with Crippen molar-refractivity contribution in [2.24, 2.45) is 0 Å². The molecule has 0 unspecified atom stereocenters. The molecule has 1 aliphatic heterocycles. The van der Waals surface area contributed by atoms with Gasteiger partial charge in [-0.2, -0.15) is 0 Å². The summed E-state index contributed by atoms with van der Waals surface area (Å²) in [6.45, 7) is 5.89. The topological polar surface area (TPSA) is 73.1 Å². The van der Waals surface area contributed by atoms with Crippen LogP contribution in [0.5, 0.6) is 0 Å². The number of aromatic nitrogens is 4. The second kappa shape index (κ2) is 6.45. The third-order valence-corrected chi connectivity index (χ3v) is 4.20. The molecule has 2 aromatic heterocycles. The highest BCUT2D eigenvalue weighted by atomic mass is 16.5. The smallest absolute Gasteiger partial charge is 0.274 e. The molecule has 0 aliphatic carbocycles. The van der Waals surface area contributed by atoms with Crippen molar-refractivity contribution in [1.82, 2.24) is 24.4 Å². The fourth-order valence-electron chi connectivity index (χ4n) is 2.89. The van der Waals surface area contributed by atoms with Gasteiger partial charge in [-0.1, -0.05) is 0 Å². The van der Waals surface area contributed by atoms with E-state index < -0.39 is 0 Å². The number of amides is 1. The lowest BCUT2D eigenvalue weighted by Gasteiger charge is -2.34. The number of carbonyl (C=O) groups is 1. The standard InChI is InChI=1S/C16H21N5O2/c1-11-8-18-14(10-17-11)16(22)20-5-6-21-13(4-7-23-3)9-19-15(21)12(20)2/h8-10,12H,4-7H2,1-3H3/t12-/m1/s1. The fraction of sp³-hybridized carbons (Fsp3) is 0.500. The molecular weight excluding hydrogens is 294 g/mol. The lowest BCUT2D eigenvalue weighted by Crippen LogP contribution is -2.42. The van der Waals surface area contributed by atoms with Crippen molar-refractivity contribution in [2.45, 2.75) is 32.9 Å². The predicted molar refractivity (Wildman–Crippen MR) is 84.0 cm³/mol. The molecule has 1 amide bonds. The average Bonchev–Trinajstić information content (AvgIpc) is 2.97. The summed E-state index contributed by atoms with van der Waals surface area (Å²) < 4.78 is 7.33. The molecule has 23 heavy (non-hydrogen) atoms. The molecule has 2 aromatic rings. The van der Waals surface area contributed by atoms with Gasteiger partial charge in [-0.3, -0.25) is 9.78 Å². The highest BCUT2D eigenvalue weighted by Crippen LogP contribution is 2.26. The van der Waals surface area contributed by atoms with Crippen LogP contribution >= 0.6 is 0 Å². The third kappa shape index (κ3) is 2.96. The lowest BCUT2D eigenvalue weighted by molar-refractivity contribution is 0.0629. The quantitative estimate of drug-likeness (QED) is 0.852.